The van der Waals surface area contributed by atoms with Gasteiger partial charge in [-0.15, -0.1) is 0 Å². The predicted molar refractivity (Wildman–Crippen MR) is 64.5 cm³/mol. The third-order valence-corrected chi connectivity index (χ3v) is 2.72. The second kappa shape index (κ2) is 4.45. The van der Waals surface area contributed by atoms with Crippen molar-refractivity contribution in [2.45, 2.75) is 45.7 Å². The molecule has 0 amide bonds. The summed E-state index contributed by atoms with van der Waals surface area (Å²) in [5.41, 5.74) is 1.10. The Kier molecular flexibility index (Phi) is 3.19. The Morgan fingerprint density at radius 2 is 2.06 bits per heavy atom. The fourth-order valence-corrected chi connectivity index (χ4v) is 1.79. The van der Waals surface area contributed by atoms with Crippen molar-refractivity contribution in [2.75, 3.05) is 18.0 Å². The van der Waals surface area contributed by atoms with Gasteiger partial charge in [0.15, 0.2) is 0 Å². The summed E-state index contributed by atoms with van der Waals surface area (Å²) in [6, 6.07) is 0.781. The fourth-order valence-electron chi connectivity index (χ4n) is 1.79. The van der Waals surface area contributed by atoms with E-state index in [9.17, 15) is 0 Å². The van der Waals surface area contributed by atoms with Crippen LogP contribution >= 0.6 is 0 Å². The molecule has 0 bridgehead atoms. The zero-order valence-electron chi connectivity index (χ0n) is 10.4. The van der Waals surface area contributed by atoms with Gasteiger partial charge in [-0.25, -0.2) is 0 Å². The molecular weight excluding hydrogens is 202 g/mol. The van der Waals surface area contributed by atoms with Crippen molar-refractivity contribution in [2.24, 2.45) is 0 Å². The topological polar surface area (TPSA) is 41.3 Å². The fraction of sp³-hybridized carbons (Fsp3) is 0.750. The van der Waals surface area contributed by atoms with Crippen LogP contribution in [0.2, 0.25) is 0 Å². The maximum absolute atomic E-state index is 5.49. The van der Waals surface area contributed by atoms with Gasteiger partial charge in [0.2, 0.25) is 0 Å². The molecule has 90 valence electrons. The van der Waals surface area contributed by atoms with Gasteiger partial charge in [-0.05, 0) is 33.6 Å². The van der Waals surface area contributed by atoms with Crippen LogP contribution in [0.1, 0.15) is 39.3 Å². The average Bonchev–Trinajstić information content (AvgIpc) is 2.84. The Hall–Kier alpha value is -1.03. The summed E-state index contributed by atoms with van der Waals surface area (Å²) in [5.74, 6) is 0. The highest BCUT2D eigenvalue weighted by Gasteiger charge is 2.17. The Labute approximate surface area is 97.0 Å². The third kappa shape index (κ3) is 2.98. The van der Waals surface area contributed by atoms with Crippen LogP contribution in [0.3, 0.4) is 0 Å². The number of nitrogens with zero attached hydrogens (tertiary/aromatic N) is 2. The second-order valence-electron chi connectivity index (χ2n) is 5.42. The molecule has 1 N–H and O–H groups in total. The van der Waals surface area contributed by atoms with Crippen LogP contribution in [0.4, 0.5) is 6.01 Å². The first-order valence-corrected chi connectivity index (χ1v) is 5.99. The lowest BCUT2D eigenvalue weighted by atomic mass is 10.1. The molecule has 4 heteroatoms. The van der Waals surface area contributed by atoms with Gasteiger partial charge in [-0.3, -0.25) is 0 Å². The number of oxazole rings is 1. The van der Waals surface area contributed by atoms with Crippen molar-refractivity contribution in [1.29, 1.82) is 0 Å². The van der Waals surface area contributed by atoms with Crippen LogP contribution in [-0.2, 0) is 6.54 Å². The van der Waals surface area contributed by atoms with Crippen LogP contribution in [0.25, 0.3) is 0 Å². The minimum absolute atomic E-state index is 0.118. The molecule has 16 heavy (non-hydrogen) atoms. The van der Waals surface area contributed by atoms with E-state index in [2.05, 4.69) is 36.0 Å². The van der Waals surface area contributed by atoms with E-state index in [1.807, 2.05) is 0 Å². The zero-order chi connectivity index (χ0) is 11.6. The van der Waals surface area contributed by atoms with Crippen molar-refractivity contribution in [3.05, 3.63) is 12.0 Å². The number of nitrogens with one attached hydrogen (secondary N) is 1. The van der Waals surface area contributed by atoms with Crippen molar-refractivity contribution >= 4 is 6.01 Å². The standard InChI is InChI=1S/C12H21N3O/c1-12(2,3)13-8-10-9-16-11(14-10)15-6-4-5-7-15/h9,13H,4-8H2,1-3H3. The maximum Gasteiger partial charge on any atom is 0.297 e. The Morgan fingerprint density at radius 1 is 1.38 bits per heavy atom. The molecule has 0 atom stereocenters. The smallest absolute Gasteiger partial charge is 0.297 e. The van der Waals surface area contributed by atoms with E-state index in [4.69, 9.17) is 4.42 Å². The van der Waals surface area contributed by atoms with E-state index >= 15 is 0 Å². The van der Waals surface area contributed by atoms with E-state index in [0.717, 1.165) is 31.3 Å². The van der Waals surface area contributed by atoms with Crippen molar-refractivity contribution in [3.63, 3.8) is 0 Å². The highest BCUT2D eigenvalue weighted by Crippen LogP contribution is 2.19. The number of aromatic nitrogens is 1. The maximum atomic E-state index is 5.49. The molecule has 1 fully saturated rings. The van der Waals surface area contributed by atoms with Crippen molar-refractivity contribution in [1.82, 2.24) is 10.3 Å². The summed E-state index contributed by atoms with van der Waals surface area (Å²) in [6.07, 6.45) is 4.25. The van der Waals surface area contributed by atoms with E-state index in [-0.39, 0.29) is 5.54 Å². The van der Waals surface area contributed by atoms with Gasteiger partial charge in [-0.1, -0.05) is 0 Å². The largest absolute Gasteiger partial charge is 0.432 e. The molecule has 0 unspecified atom stereocenters. The van der Waals surface area contributed by atoms with Gasteiger partial charge < -0.3 is 14.6 Å². The number of hydrogen-bond donors (Lipinski definition) is 1. The molecular formula is C12H21N3O. The summed E-state index contributed by atoms with van der Waals surface area (Å²) >= 11 is 0. The summed E-state index contributed by atoms with van der Waals surface area (Å²) in [4.78, 5) is 6.70. The first-order chi connectivity index (χ1) is 7.54. The summed E-state index contributed by atoms with van der Waals surface area (Å²) in [7, 11) is 0. The lowest BCUT2D eigenvalue weighted by Crippen LogP contribution is -2.35. The first-order valence-electron chi connectivity index (χ1n) is 5.99. The molecule has 0 saturated carbocycles. The van der Waals surface area contributed by atoms with Crippen LogP contribution in [0.15, 0.2) is 10.7 Å². The molecule has 4 nitrogen and oxygen atoms in total. The molecule has 1 aromatic heterocycles. The van der Waals surface area contributed by atoms with Crippen molar-refractivity contribution in [3.8, 4) is 0 Å². The minimum atomic E-state index is 0.118. The lowest BCUT2D eigenvalue weighted by molar-refractivity contribution is 0.421. The zero-order valence-corrected chi connectivity index (χ0v) is 10.4. The average molecular weight is 223 g/mol. The minimum Gasteiger partial charge on any atom is -0.432 e. The molecule has 0 spiro atoms. The normalized spacial score (nSPS) is 17.1. The van der Waals surface area contributed by atoms with Gasteiger partial charge in [-0.2, -0.15) is 4.98 Å². The Bertz CT molecular complexity index is 334. The van der Waals surface area contributed by atoms with E-state index in [1.54, 1.807) is 6.26 Å². The molecule has 0 aromatic carbocycles. The van der Waals surface area contributed by atoms with Gasteiger partial charge in [0.1, 0.15) is 6.26 Å². The highest BCUT2D eigenvalue weighted by molar-refractivity contribution is 5.28. The number of anilines is 1. The van der Waals surface area contributed by atoms with Crippen LogP contribution < -0.4 is 10.2 Å². The van der Waals surface area contributed by atoms with Gasteiger partial charge in [0.05, 0.1) is 5.69 Å². The molecule has 0 radical (unpaired) electrons. The van der Waals surface area contributed by atoms with E-state index in [1.165, 1.54) is 12.8 Å². The molecule has 0 aliphatic carbocycles. The molecule has 2 heterocycles. The molecule has 1 aliphatic rings. The lowest BCUT2D eigenvalue weighted by Gasteiger charge is -2.19. The SMILES string of the molecule is CC(C)(C)NCc1coc(N2CCCC2)n1. The first kappa shape index (κ1) is 11.5. The van der Waals surface area contributed by atoms with E-state index in [0.29, 0.717) is 0 Å². The number of hydrogen-bond acceptors (Lipinski definition) is 4. The molecule has 1 saturated heterocycles. The van der Waals surface area contributed by atoms with Gasteiger partial charge >= 0.3 is 0 Å². The Balaban J connectivity index is 1.91. The summed E-state index contributed by atoms with van der Waals surface area (Å²) in [5, 5.41) is 3.40. The van der Waals surface area contributed by atoms with Crippen LogP contribution in [-0.4, -0.2) is 23.6 Å². The van der Waals surface area contributed by atoms with E-state index < -0.39 is 0 Å². The van der Waals surface area contributed by atoms with Crippen LogP contribution in [0.5, 0.6) is 0 Å². The Morgan fingerprint density at radius 3 is 2.69 bits per heavy atom. The van der Waals surface area contributed by atoms with Crippen LogP contribution in [0, 0.1) is 0 Å². The number of rotatable bonds is 3. The summed E-state index contributed by atoms with van der Waals surface area (Å²) < 4.78 is 5.49. The highest BCUT2D eigenvalue weighted by atomic mass is 16.4. The summed E-state index contributed by atoms with van der Waals surface area (Å²) in [6.45, 7) is 9.36. The van der Waals surface area contributed by atoms with Crippen molar-refractivity contribution < 1.29 is 4.42 Å². The molecule has 2 rings (SSSR count). The predicted octanol–water partition coefficient (Wildman–Crippen LogP) is 2.16. The molecule has 1 aromatic rings. The van der Waals surface area contributed by atoms with Gasteiger partial charge in [0.25, 0.3) is 6.01 Å². The second-order valence-corrected chi connectivity index (χ2v) is 5.42. The van der Waals surface area contributed by atoms with Gasteiger partial charge in [0, 0.05) is 25.2 Å². The quantitative estimate of drug-likeness (QED) is 0.852. The molecule has 1 aliphatic heterocycles. The monoisotopic (exact) mass is 223 g/mol. The third-order valence-electron chi connectivity index (χ3n) is 2.72.